The maximum Gasteiger partial charge on any atom is 0.240 e. The van der Waals surface area contributed by atoms with Gasteiger partial charge in [-0.25, -0.2) is 14.2 Å². The van der Waals surface area contributed by atoms with E-state index < -0.39 is 0 Å². The van der Waals surface area contributed by atoms with Crippen LogP contribution in [-0.2, 0) is 0 Å². The molecule has 0 saturated carbocycles. The maximum absolute atomic E-state index is 5.74. The molecule has 4 heterocycles. The molecule has 4 aromatic rings. The summed E-state index contributed by atoms with van der Waals surface area (Å²) in [6.45, 7) is 4.10. The van der Waals surface area contributed by atoms with E-state index in [0.29, 0.717) is 5.82 Å². The van der Waals surface area contributed by atoms with Crippen LogP contribution >= 0.6 is 0 Å². The van der Waals surface area contributed by atoms with Crippen LogP contribution in [0.25, 0.3) is 27.9 Å². The number of hydrogen-bond acceptors (Lipinski definition) is 7. The largest absolute Gasteiger partial charge is 0.371 e. The predicted molar refractivity (Wildman–Crippen MR) is 91.6 cm³/mol. The van der Waals surface area contributed by atoms with Gasteiger partial charge in [0.05, 0.1) is 11.7 Å². The van der Waals surface area contributed by atoms with Crippen LogP contribution in [0.3, 0.4) is 0 Å². The van der Waals surface area contributed by atoms with Crippen molar-refractivity contribution >= 4 is 28.4 Å². The normalized spacial score (nSPS) is 11.7. The Morgan fingerprint density at radius 1 is 1.17 bits per heavy atom. The second-order valence-corrected chi connectivity index (χ2v) is 5.76. The molecule has 0 spiro atoms. The van der Waals surface area contributed by atoms with Gasteiger partial charge in [0.15, 0.2) is 11.5 Å². The van der Waals surface area contributed by atoms with Gasteiger partial charge in [-0.3, -0.25) is 0 Å². The van der Waals surface area contributed by atoms with Gasteiger partial charge in [-0.2, -0.15) is 4.98 Å². The average molecular weight is 323 g/mol. The first-order valence-corrected chi connectivity index (χ1v) is 7.63. The van der Waals surface area contributed by atoms with Crippen molar-refractivity contribution in [2.75, 3.05) is 18.1 Å². The summed E-state index contributed by atoms with van der Waals surface area (Å²) in [7, 11) is 1.80. The van der Waals surface area contributed by atoms with Crippen LogP contribution < -0.4 is 11.1 Å². The quantitative estimate of drug-likeness (QED) is 0.590. The van der Waals surface area contributed by atoms with Gasteiger partial charge < -0.3 is 11.1 Å². The standard InChI is InChI=1S/C15H17N9/c1-8(2)24-14-11(20-22-24)5-4-10(18-14)9-6-7-23-12(9)13(17-3)19-15(16)21-23/h4-8H,1-3H3,(H3,16,17,19,21). The van der Waals surface area contributed by atoms with Crippen molar-refractivity contribution in [3.05, 3.63) is 24.4 Å². The van der Waals surface area contributed by atoms with E-state index in [1.54, 1.807) is 11.6 Å². The number of rotatable bonds is 3. The highest BCUT2D eigenvalue weighted by atomic mass is 15.4. The summed E-state index contributed by atoms with van der Waals surface area (Å²) in [5.41, 5.74) is 9.81. The van der Waals surface area contributed by atoms with Gasteiger partial charge in [-0.15, -0.1) is 10.2 Å². The number of fused-ring (bicyclic) bond motifs is 2. The number of nitrogen functional groups attached to an aromatic ring is 1. The third-order valence-electron chi connectivity index (χ3n) is 3.85. The summed E-state index contributed by atoms with van der Waals surface area (Å²) in [4.78, 5) is 9.01. The van der Waals surface area contributed by atoms with E-state index in [9.17, 15) is 0 Å². The van der Waals surface area contributed by atoms with Gasteiger partial charge in [-0.1, -0.05) is 5.21 Å². The third-order valence-corrected chi connectivity index (χ3v) is 3.85. The topological polar surface area (TPSA) is 112 Å². The zero-order valence-electron chi connectivity index (χ0n) is 13.6. The van der Waals surface area contributed by atoms with E-state index in [-0.39, 0.29) is 12.0 Å². The van der Waals surface area contributed by atoms with Crippen LogP contribution in [-0.4, -0.2) is 41.6 Å². The molecule has 0 radical (unpaired) electrons. The highest BCUT2D eigenvalue weighted by molar-refractivity contribution is 5.89. The summed E-state index contributed by atoms with van der Waals surface area (Å²) < 4.78 is 3.51. The molecule has 0 aliphatic heterocycles. The van der Waals surface area contributed by atoms with Crippen LogP contribution in [0, 0.1) is 0 Å². The minimum atomic E-state index is 0.180. The molecule has 122 valence electrons. The van der Waals surface area contributed by atoms with E-state index in [4.69, 9.17) is 10.7 Å². The minimum Gasteiger partial charge on any atom is -0.371 e. The van der Waals surface area contributed by atoms with Crippen molar-refractivity contribution in [3.63, 3.8) is 0 Å². The van der Waals surface area contributed by atoms with Gasteiger partial charge in [0.25, 0.3) is 0 Å². The fourth-order valence-electron chi connectivity index (χ4n) is 2.75. The lowest BCUT2D eigenvalue weighted by molar-refractivity contribution is 0.526. The van der Waals surface area contributed by atoms with Gasteiger partial charge in [0.2, 0.25) is 5.95 Å². The molecule has 0 aromatic carbocycles. The van der Waals surface area contributed by atoms with Gasteiger partial charge >= 0.3 is 0 Å². The summed E-state index contributed by atoms with van der Waals surface area (Å²) in [6, 6.07) is 5.97. The smallest absolute Gasteiger partial charge is 0.240 e. The number of nitrogens with zero attached hydrogens (tertiary/aromatic N) is 7. The molecule has 0 atom stereocenters. The van der Waals surface area contributed by atoms with Crippen LogP contribution in [0.15, 0.2) is 24.4 Å². The number of nitrogens with one attached hydrogen (secondary N) is 1. The lowest BCUT2D eigenvalue weighted by atomic mass is 10.2. The predicted octanol–water partition coefficient (Wildman–Crippen LogP) is 1.74. The minimum absolute atomic E-state index is 0.180. The van der Waals surface area contributed by atoms with Crippen LogP contribution in [0.4, 0.5) is 11.8 Å². The third kappa shape index (κ3) is 2.05. The second kappa shape index (κ2) is 5.15. The Bertz CT molecular complexity index is 1040. The monoisotopic (exact) mass is 323 g/mol. The Labute approximate surface area is 137 Å². The van der Waals surface area contributed by atoms with Crippen LogP contribution in [0.1, 0.15) is 19.9 Å². The summed E-state index contributed by atoms with van der Waals surface area (Å²) in [5.74, 6) is 0.861. The van der Waals surface area contributed by atoms with Crippen molar-refractivity contribution in [2.24, 2.45) is 0 Å². The maximum atomic E-state index is 5.74. The molecule has 0 bridgehead atoms. The average Bonchev–Trinajstić information content (AvgIpc) is 3.16. The number of nitrogens with two attached hydrogens (primary N) is 1. The highest BCUT2D eigenvalue weighted by Gasteiger charge is 2.16. The molecule has 0 fully saturated rings. The SMILES string of the molecule is CNc1nc(N)nn2ccc(-c3ccc4nnn(C(C)C)c4n3)c12. The Balaban J connectivity index is 1.97. The molecule has 0 saturated heterocycles. The van der Waals surface area contributed by atoms with E-state index in [2.05, 4.69) is 25.7 Å². The molecule has 9 heteroatoms. The first kappa shape index (κ1) is 14.4. The Kier molecular flexibility index (Phi) is 3.08. The number of hydrogen-bond donors (Lipinski definition) is 2. The van der Waals surface area contributed by atoms with Gasteiger partial charge in [0, 0.05) is 18.8 Å². The van der Waals surface area contributed by atoms with E-state index in [0.717, 1.165) is 27.9 Å². The van der Waals surface area contributed by atoms with Crippen molar-refractivity contribution in [3.8, 4) is 11.3 Å². The summed E-state index contributed by atoms with van der Waals surface area (Å²) in [6.07, 6.45) is 1.84. The second-order valence-electron chi connectivity index (χ2n) is 5.76. The van der Waals surface area contributed by atoms with Crippen LogP contribution in [0.5, 0.6) is 0 Å². The lowest BCUT2D eigenvalue weighted by Gasteiger charge is -2.08. The molecule has 0 aliphatic rings. The molecule has 9 nitrogen and oxygen atoms in total. The Morgan fingerprint density at radius 2 is 2.00 bits per heavy atom. The molecule has 0 amide bonds. The van der Waals surface area contributed by atoms with Crippen LogP contribution in [0.2, 0.25) is 0 Å². The van der Waals surface area contributed by atoms with Crippen molar-refractivity contribution in [2.45, 2.75) is 19.9 Å². The molecule has 3 N–H and O–H groups in total. The lowest BCUT2D eigenvalue weighted by Crippen LogP contribution is -2.06. The number of aromatic nitrogens is 7. The number of pyridine rings is 1. The fourth-order valence-corrected chi connectivity index (χ4v) is 2.75. The zero-order chi connectivity index (χ0) is 16.8. The van der Waals surface area contributed by atoms with Crippen molar-refractivity contribution in [1.29, 1.82) is 0 Å². The van der Waals surface area contributed by atoms with Gasteiger partial charge in [0.1, 0.15) is 11.0 Å². The van der Waals surface area contributed by atoms with Crippen molar-refractivity contribution < 1.29 is 0 Å². The van der Waals surface area contributed by atoms with E-state index in [1.165, 1.54) is 0 Å². The van der Waals surface area contributed by atoms with E-state index in [1.807, 2.05) is 42.9 Å². The van der Waals surface area contributed by atoms with Gasteiger partial charge in [-0.05, 0) is 32.0 Å². The summed E-state index contributed by atoms with van der Waals surface area (Å²) >= 11 is 0. The molecule has 4 rings (SSSR count). The molecule has 0 unspecified atom stereocenters. The fraction of sp³-hybridized carbons (Fsp3) is 0.267. The molecule has 4 aromatic heterocycles. The number of anilines is 2. The van der Waals surface area contributed by atoms with E-state index >= 15 is 0 Å². The first-order chi connectivity index (χ1) is 11.6. The highest BCUT2D eigenvalue weighted by Crippen LogP contribution is 2.29. The molecular weight excluding hydrogens is 306 g/mol. The summed E-state index contributed by atoms with van der Waals surface area (Å²) in [5, 5.41) is 15.6. The Morgan fingerprint density at radius 3 is 2.75 bits per heavy atom. The molecule has 0 aliphatic carbocycles. The first-order valence-electron chi connectivity index (χ1n) is 7.63. The van der Waals surface area contributed by atoms with Crippen molar-refractivity contribution in [1.82, 2.24) is 34.6 Å². The zero-order valence-corrected chi connectivity index (χ0v) is 13.6. The molecular formula is C15H17N9. The Hall–Kier alpha value is -3.23. The molecule has 24 heavy (non-hydrogen) atoms.